The van der Waals surface area contributed by atoms with Gasteiger partial charge in [0.25, 0.3) is 0 Å². The SMILES string of the molecule is CC(C)(C)C(=O)/C=C(/O)C(C)(C)C.CC(C)(C)C(=O)/C=C(/O)C(C)(C)C.[O]=[Ti]. The molecule has 0 aromatic rings. The monoisotopic (exact) mass is 432 g/mol. The van der Waals surface area contributed by atoms with Crippen molar-refractivity contribution < 1.29 is 43.5 Å². The Balaban J connectivity index is -0.000000410. The molecule has 0 amide bonds. The summed E-state index contributed by atoms with van der Waals surface area (Å²) in [5.41, 5.74) is -1.53. The van der Waals surface area contributed by atoms with Crippen LogP contribution < -0.4 is 0 Å². The van der Waals surface area contributed by atoms with Crippen LogP contribution in [-0.2, 0) is 33.3 Å². The minimum atomic E-state index is -0.417. The van der Waals surface area contributed by atoms with Gasteiger partial charge in [0.2, 0.25) is 0 Å². The van der Waals surface area contributed by atoms with Gasteiger partial charge in [0.05, 0.1) is 0 Å². The molecule has 0 radical (unpaired) electrons. The molecule has 0 aromatic carbocycles. The van der Waals surface area contributed by atoms with E-state index in [1.165, 1.54) is 12.2 Å². The molecule has 0 bridgehead atoms. The number of rotatable bonds is 2. The van der Waals surface area contributed by atoms with Crippen molar-refractivity contribution in [3.8, 4) is 0 Å². The third-order valence-corrected chi connectivity index (χ3v) is 3.55. The second kappa shape index (κ2) is 11.8. The second-order valence-corrected chi connectivity index (χ2v) is 10.8. The summed E-state index contributed by atoms with van der Waals surface area (Å²) in [6.07, 6.45) is 2.67. The molecular weight excluding hydrogens is 392 g/mol. The second-order valence-electron chi connectivity index (χ2n) is 10.8. The Labute approximate surface area is 183 Å². The van der Waals surface area contributed by atoms with E-state index >= 15 is 0 Å². The first kappa shape index (κ1) is 31.6. The van der Waals surface area contributed by atoms with Crippen molar-refractivity contribution in [2.75, 3.05) is 0 Å². The van der Waals surface area contributed by atoms with Gasteiger partial charge in [-0.15, -0.1) is 0 Å². The fraction of sp³-hybridized carbons (Fsp3) is 0.727. The molecule has 0 unspecified atom stereocenters. The fourth-order valence-electron chi connectivity index (χ4n) is 1.11. The van der Waals surface area contributed by atoms with Crippen molar-refractivity contribution in [3.63, 3.8) is 0 Å². The predicted molar refractivity (Wildman–Crippen MR) is 110 cm³/mol. The molecule has 0 aliphatic carbocycles. The predicted octanol–water partition coefficient (Wildman–Crippen LogP) is 6.06. The van der Waals surface area contributed by atoms with E-state index in [1.54, 1.807) is 0 Å². The van der Waals surface area contributed by atoms with Crippen molar-refractivity contribution in [2.24, 2.45) is 21.7 Å². The summed E-state index contributed by atoms with van der Waals surface area (Å²) in [6, 6.07) is 0. The molecule has 0 heterocycles. The third kappa shape index (κ3) is 14.9. The number of aliphatic hydroxyl groups is 2. The third-order valence-electron chi connectivity index (χ3n) is 3.55. The van der Waals surface area contributed by atoms with E-state index < -0.39 is 10.8 Å². The van der Waals surface area contributed by atoms with Gasteiger partial charge in [-0.05, 0) is 0 Å². The molecular formula is C22H40O5Ti. The van der Waals surface area contributed by atoms with Gasteiger partial charge in [-0.25, -0.2) is 0 Å². The number of allylic oxidation sites excluding steroid dienone is 4. The summed E-state index contributed by atoms with van der Waals surface area (Å²) < 4.78 is 8.25. The van der Waals surface area contributed by atoms with Gasteiger partial charge in [-0.2, -0.15) is 0 Å². The summed E-state index contributed by atoms with van der Waals surface area (Å²) in [5, 5.41) is 19.1. The molecule has 0 spiro atoms. The Kier molecular flexibility index (Phi) is 13.3. The van der Waals surface area contributed by atoms with E-state index in [2.05, 4.69) is 0 Å². The van der Waals surface area contributed by atoms with Gasteiger partial charge in [0.15, 0.2) is 11.6 Å². The standard InChI is InChI=1S/2C11H20O2.O.Ti/c2*1-10(2,3)8(12)7-9(13)11(4,5)6;;/h2*7,12H,1-6H3;;/b2*8-7+;;. The molecule has 0 aliphatic heterocycles. The van der Waals surface area contributed by atoms with Crippen LogP contribution in [0.1, 0.15) is 83.1 Å². The van der Waals surface area contributed by atoms with E-state index in [0.717, 1.165) is 20.4 Å². The zero-order valence-corrected chi connectivity index (χ0v) is 21.3. The summed E-state index contributed by atoms with van der Waals surface area (Å²) in [4.78, 5) is 23.0. The van der Waals surface area contributed by atoms with Crippen molar-refractivity contribution >= 4 is 11.6 Å². The Morgan fingerprint density at radius 2 is 0.714 bits per heavy atom. The zero-order chi connectivity index (χ0) is 23.7. The normalized spacial score (nSPS) is 13.5. The molecule has 0 aromatic heterocycles. The van der Waals surface area contributed by atoms with Crippen LogP contribution in [0.25, 0.3) is 0 Å². The molecule has 0 saturated carbocycles. The minimum absolute atomic E-state index is 0.0417. The topological polar surface area (TPSA) is 91.7 Å². The van der Waals surface area contributed by atoms with Crippen LogP contribution in [0.5, 0.6) is 0 Å². The van der Waals surface area contributed by atoms with E-state index in [-0.39, 0.29) is 33.9 Å². The average Bonchev–Trinajstić information content (AvgIpc) is 2.45. The summed E-state index contributed by atoms with van der Waals surface area (Å²) in [5.74, 6) is 0.208. The van der Waals surface area contributed by atoms with Crippen LogP contribution in [0.3, 0.4) is 0 Å². The Bertz CT molecular complexity index is 522. The first-order valence-corrected chi connectivity index (χ1v) is 9.85. The fourth-order valence-corrected chi connectivity index (χ4v) is 1.11. The molecule has 5 nitrogen and oxygen atoms in total. The van der Waals surface area contributed by atoms with Gasteiger partial charge in [-0.3, -0.25) is 9.59 Å². The maximum atomic E-state index is 11.5. The van der Waals surface area contributed by atoms with E-state index in [1.807, 2.05) is 83.1 Å². The van der Waals surface area contributed by atoms with Crippen LogP contribution in [0.2, 0.25) is 0 Å². The van der Waals surface area contributed by atoms with Crippen LogP contribution in [0, 0.1) is 21.7 Å². The van der Waals surface area contributed by atoms with Gasteiger partial charge in [-0.1, -0.05) is 83.1 Å². The number of hydrogen-bond acceptors (Lipinski definition) is 5. The van der Waals surface area contributed by atoms with E-state index in [9.17, 15) is 19.8 Å². The Morgan fingerprint density at radius 3 is 0.821 bits per heavy atom. The van der Waals surface area contributed by atoms with Crippen LogP contribution in [0.4, 0.5) is 0 Å². The van der Waals surface area contributed by atoms with Crippen LogP contribution >= 0.6 is 0 Å². The van der Waals surface area contributed by atoms with Crippen molar-refractivity contribution in [1.29, 1.82) is 0 Å². The maximum absolute atomic E-state index is 11.5. The number of hydrogen-bond donors (Lipinski definition) is 2. The molecule has 2 N–H and O–H groups in total. The number of aliphatic hydroxyl groups excluding tert-OH is 2. The average molecular weight is 432 g/mol. The molecule has 0 saturated heterocycles. The van der Waals surface area contributed by atoms with Gasteiger partial charge in [0.1, 0.15) is 11.5 Å². The van der Waals surface area contributed by atoms with E-state index in [0.29, 0.717) is 0 Å². The Morgan fingerprint density at radius 1 is 0.536 bits per heavy atom. The van der Waals surface area contributed by atoms with Crippen molar-refractivity contribution in [1.82, 2.24) is 0 Å². The van der Waals surface area contributed by atoms with E-state index in [4.69, 9.17) is 3.32 Å². The first-order chi connectivity index (χ1) is 12.1. The van der Waals surface area contributed by atoms with Crippen LogP contribution in [0.15, 0.2) is 23.7 Å². The van der Waals surface area contributed by atoms with Crippen molar-refractivity contribution in [3.05, 3.63) is 23.7 Å². The number of ketones is 2. The Hall–Kier alpha value is -1.07. The summed E-state index contributed by atoms with van der Waals surface area (Å²) in [7, 11) is 0. The quantitative estimate of drug-likeness (QED) is 0.314. The molecule has 0 rings (SSSR count). The van der Waals surface area contributed by atoms with Crippen LogP contribution in [-0.4, -0.2) is 21.8 Å². The molecule has 162 valence electrons. The van der Waals surface area contributed by atoms with Gasteiger partial charge >= 0.3 is 23.7 Å². The first-order valence-electron chi connectivity index (χ1n) is 9.21. The molecule has 6 heteroatoms. The zero-order valence-electron chi connectivity index (χ0n) is 19.8. The molecule has 0 atom stereocenters. The molecule has 0 fully saturated rings. The summed E-state index contributed by atoms with van der Waals surface area (Å²) in [6.45, 7) is 22.2. The van der Waals surface area contributed by atoms with Crippen molar-refractivity contribution in [2.45, 2.75) is 83.1 Å². The molecule has 28 heavy (non-hydrogen) atoms. The van der Waals surface area contributed by atoms with Gasteiger partial charge < -0.3 is 10.2 Å². The van der Waals surface area contributed by atoms with Gasteiger partial charge in [0, 0.05) is 33.8 Å². The molecule has 0 aliphatic rings. The number of carbonyl (C=O) groups is 2. The summed E-state index contributed by atoms with van der Waals surface area (Å²) >= 11 is 0.750. The number of carbonyl (C=O) groups excluding carboxylic acids is 2.